The maximum atomic E-state index is 8.88. The van der Waals surface area contributed by atoms with E-state index in [1.54, 1.807) is 0 Å². The number of benzene rings is 1. The van der Waals surface area contributed by atoms with Crippen molar-refractivity contribution >= 4 is 11.5 Å². The van der Waals surface area contributed by atoms with Gasteiger partial charge in [-0.05, 0) is 32.0 Å². The SMILES string of the molecule is CC(C)n1ccc(CN(C)c2ccccc2/C(N)=N/O)n1. The van der Waals surface area contributed by atoms with Crippen LogP contribution < -0.4 is 10.6 Å². The summed E-state index contributed by atoms with van der Waals surface area (Å²) in [4.78, 5) is 2.03. The average molecular weight is 287 g/mol. The van der Waals surface area contributed by atoms with E-state index in [0.29, 0.717) is 18.2 Å². The number of oxime groups is 1. The fourth-order valence-electron chi connectivity index (χ4n) is 2.15. The topological polar surface area (TPSA) is 79.7 Å². The second kappa shape index (κ2) is 6.30. The molecule has 112 valence electrons. The highest BCUT2D eigenvalue weighted by atomic mass is 16.4. The van der Waals surface area contributed by atoms with Crippen molar-refractivity contribution in [2.24, 2.45) is 10.9 Å². The molecule has 0 bridgehead atoms. The average Bonchev–Trinajstić information content (AvgIpc) is 2.95. The largest absolute Gasteiger partial charge is 0.409 e. The summed E-state index contributed by atoms with van der Waals surface area (Å²) in [6.07, 6.45) is 1.98. The lowest BCUT2D eigenvalue weighted by atomic mass is 10.1. The van der Waals surface area contributed by atoms with Gasteiger partial charge in [-0.25, -0.2) is 0 Å². The lowest BCUT2D eigenvalue weighted by Gasteiger charge is -2.21. The van der Waals surface area contributed by atoms with Crippen molar-refractivity contribution in [1.29, 1.82) is 0 Å². The van der Waals surface area contributed by atoms with Crippen LogP contribution in [0.25, 0.3) is 0 Å². The number of aromatic nitrogens is 2. The van der Waals surface area contributed by atoms with Crippen LogP contribution in [0, 0.1) is 0 Å². The van der Waals surface area contributed by atoms with Crippen molar-refractivity contribution in [1.82, 2.24) is 9.78 Å². The van der Waals surface area contributed by atoms with Crippen LogP contribution in [-0.4, -0.2) is 27.9 Å². The molecule has 0 saturated heterocycles. The molecule has 2 aromatic rings. The molecular weight excluding hydrogens is 266 g/mol. The normalized spacial score (nSPS) is 11.9. The summed E-state index contributed by atoms with van der Waals surface area (Å²) in [5.74, 6) is 0.102. The molecule has 2 rings (SSSR count). The van der Waals surface area contributed by atoms with Crippen LogP contribution in [0.1, 0.15) is 31.1 Å². The highest BCUT2D eigenvalue weighted by Gasteiger charge is 2.12. The summed E-state index contributed by atoms with van der Waals surface area (Å²) in [5.41, 5.74) is 8.29. The lowest BCUT2D eigenvalue weighted by molar-refractivity contribution is 0.318. The van der Waals surface area contributed by atoms with E-state index >= 15 is 0 Å². The van der Waals surface area contributed by atoms with Crippen LogP contribution in [0.4, 0.5) is 5.69 Å². The Kier molecular flexibility index (Phi) is 4.47. The summed E-state index contributed by atoms with van der Waals surface area (Å²) in [7, 11) is 1.96. The van der Waals surface area contributed by atoms with Crippen LogP contribution in [0.3, 0.4) is 0 Å². The molecule has 6 heteroatoms. The van der Waals surface area contributed by atoms with Gasteiger partial charge < -0.3 is 15.8 Å². The molecule has 0 aliphatic carbocycles. The van der Waals surface area contributed by atoms with Gasteiger partial charge in [0.25, 0.3) is 0 Å². The summed E-state index contributed by atoms with van der Waals surface area (Å²) in [6, 6.07) is 9.89. The number of hydrogen-bond donors (Lipinski definition) is 2. The zero-order valence-corrected chi connectivity index (χ0v) is 12.6. The predicted molar refractivity (Wildman–Crippen MR) is 83.7 cm³/mol. The minimum Gasteiger partial charge on any atom is -0.409 e. The lowest BCUT2D eigenvalue weighted by Crippen LogP contribution is -2.22. The molecular formula is C15H21N5O. The second-order valence-electron chi connectivity index (χ2n) is 5.24. The van der Waals surface area contributed by atoms with E-state index in [1.165, 1.54) is 0 Å². The van der Waals surface area contributed by atoms with Gasteiger partial charge in [0.2, 0.25) is 0 Å². The maximum Gasteiger partial charge on any atom is 0.172 e. The first-order chi connectivity index (χ1) is 10.0. The van der Waals surface area contributed by atoms with E-state index in [1.807, 2.05) is 53.2 Å². The Morgan fingerprint density at radius 3 is 2.71 bits per heavy atom. The molecule has 1 heterocycles. The van der Waals surface area contributed by atoms with Crippen molar-refractivity contribution in [3.8, 4) is 0 Å². The van der Waals surface area contributed by atoms with Gasteiger partial charge in [0.15, 0.2) is 5.84 Å². The fourth-order valence-corrected chi connectivity index (χ4v) is 2.15. The van der Waals surface area contributed by atoms with Crippen molar-refractivity contribution in [3.63, 3.8) is 0 Å². The first kappa shape index (κ1) is 14.9. The number of hydrogen-bond acceptors (Lipinski definition) is 4. The third kappa shape index (κ3) is 3.34. The first-order valence-electron chi connectivity index (χ1n) is 6.85. The quantitative estimate of drug-likeness (QED) is 0.382. The van der Waals surface area contributed by atoms with Gasteiger partial charge in [0.1, 0.15) is 0 Å². The van der Waals surface area contributed by atoms with E-state index < -0.39 is 0 Å². The van der Waals surface area contributed by atoms with Gasteiger partial charge in [0, 0.05) is 30.5 Å². The molecule has 0 amide bonds. The van der Waals surface area contributed by atoms with Crippen LogP contribution >= 0.6 is 0 Å². The highest BCUT2D eigenvalue weighted by Crippen LogP contribution is 2.20. The van der Waals surface area contributed by atoms with E-state index in [-0.39, 0.29) is 5.84 Å². The molecule has 6 nitrogen and oxygen atoms in total. The molecule has 0 unspecified atom stereocenters. The van der Waals surface area contributed by atoms with Gasteiger partial charge >= 0.3 is 0 Å². The molecule has 1 aromatic heterocycles. The van der Waals surface area contributed by atoms with Gasteiger partial charge in [0.05, 0.1) is 12.2 Å². The summed E-state index contributed by atoms with van der Waals surface area (Å²) in [6.45, 7) is 4.83. The van der Waals surface area contributed by atoms with Crippen molar-refractivity contribution in [2.45, 2.75) is 26.4 Å². The van der Waals surface area contributed by atoms with Gasteiger partial charge in [-0.15, -0.1) is 0 Å². The molecule has 1 aromatic carbocycles. The van der Waals surface area contributed by atoms with Gasteiger partial charge in [-0.1, -0.05) is 17.3 Å². The number of nitrogens with two attached hydrogens (primary N) is 1. The van der Waals surface area contributed by atoms with Gasteiger partial charge in [-0.2, -0.15) is 5.10 Å². The number of amidine groups is 1. The molecule has 21 heavy (non-hydrogen) atoms. The van der Waals surface area contributed by atoms with E-state index in [2.05, 4.69) is 24.1 Å². The fraction of sp³-hybridized carbons (Fsp3) is 0.333. The van der Waals surface area contributed by atoms with E-state index in [4.69, 9.17) is 10.9 Å². The standard InChI is InChI=1S/C15H21N5O/c1-11(2)20-9-8-12(17-20)10-19(3)14-7-5-4-6-13(14)15(16)18-21/h4-9,11,21H,10H2,1-3H3,(H2,16,18). The zero-order chi connectivity index (χ0) is 15.4. The van der Waals surface area contributed by atoms with E-state index in [9.17, 15) is 0 Å². The Balaban J connectivity index is 2.22. The predicted octanol–water partition coefficient (Wildman–Crippen LogP) is 2.19. The molecule has 0 fully saturated rings. The molecule has 0 aliphatic heterocycles. The van der Waals surface area contributed by atoms with Crippen LogP contribution in [0.2, 0.25) is 0 Å². The Labute approximate surface area is 124 Å². The van der Waals surface area contributed by atoms with Crippen LogP contribution in [-0.2, 0) is 6.54 Å². The number of anilines is 1. The Hall–Kier alpha value is -2.50. The molecule has 0 radical (unpaired) electrons. The van der Waals surface area contributed by atoms with Crippen molar-refractivity contribution in [3.05, 3.63) is 47.8 Å². The molecule has 3 N–H and O–H groups in total. The second-order valence-corrected chi connectivity index (χ2v) is 5.24. The van der Waals surface area contributed by atoms with Crippen molar-refractivity contribution < 1.29 is 5.21 Å². The molecule has 0 spiro atoms. The summed E-state index contributed by atoms with van der Waals surface area (Å²) >= 11 is 0. The minimum atomic E-state index is 0.102. The maximum absolute atomic E-state index is 8.88. The monoisotopic (exact) mass is 287 g/mol. The zero-order valence-electron chi connectivity index (χ0n) is 12.6. The Morgan fingerprint density at radius 1 is 1.38 bits per heavy atom. The highest BCUT2D eigenvalue weighted by molar-refractivity contribution is 6.02. The Morgan fingerprint density at radius 2 is 2.10 bits per heavy atom. The Bertz CT molecular complexity index is 632. The minimum absolute atomic E-state index is 0.102. The number of para-hydroxylation sites is 1. The first-order valence-corrected chi connectivity index (χ1v) is 6.85. The summed E-state index contributed by atoms with van der Waals surface area (Å²) in [5, 5.41) is 16.5. The van der Waals surface area contributed by atoms with Crippen LogP contribution in [0.15, 0.2) is 41.7 Å². The smallest absolute Gasteiger partial charge is 0.172 e. The summed E-state index contributed by atoms with van der Waals surface area (Å²) < 4.78 is 1.93. The molecule has 0 saturated carbocycles. The van der Waals surface area contributed by atoms with Crippen LogP contribution in [0.5, 0.6) is 0 Å². The van der Waals surface area contributed by atoms with Gasteiger partial charge in [-0.3, -0.25) is 4.68 Å². The number of nitrogens with zero attached hydrogens (tertiary/aromatic N) is 4. The van der Waals surface area contributed by atoms with E-state index in [0.717, 1.165) is 11.4 Å². The third-order valence-electron chi connectivity index (χ3n) is 3.29. The van der Waals surface area contributed by atoms with Crippen molar-refractivity contribution in [2.75, 3.05) is 11.9 Å². The number of rotatable bonds is 5. The molecule has 0 aliphatic rings. The third-order valence-corrected chi connectivity index (χ3v) is 3.29. The molecule has 0 atom stereocenters.